The number of aryl methyl sites for hydroxylation is 1. The van der Waals surface area contributed by atoms with Crippen LogP contribution in [0.3, 0.4) is 0 Å². The number of rotatable bonds is 5. The van der Waals surface area contributed by atoms with Gasteiger partial charge in [0.25, 0.3) is 0 Å². The van der Waals surface area contributed by atoms with Crippen LogP contribution in [0.4, 0.5) is 0 Å². The first-order chi connectivity index (χ1) is 9.85. The summed E-state index contributed by atoms with van der Waals surface area (Å²) < 4.78 is 6.49. The zero-order valence-electron chi connectivity index (χ0n) is 14.5. The van der Waals surface area contributed by atoms with Gasteiger partial charge in [-0.3, -0.25) is 0 Å². The van der Waals surface area contributed by atoms with Crippen molar-refractivity contribution < 1.29 is 4.74 Å². The maximum Gasteiger partial charge on any atom is 0.123 e. The molecule has 0 aromatic heterocycles. The van der Waals surface area contributed by atoms with E-state index in [2.05, 4.69) is 65.1 Å². The fraction of sp³-hybridized carbons (Fsp3) is 0.684. The summed E-state index contributed by atoms with van der Waals surface area (Å²) in [6, 6.07) is 7.03. The maximum absolute atomic E-state index is 6.49. The molecule has 1 saturated carbocycles. The van der Waals surface area contributed by atoms with Crippen molar-refractivity contribution in [3.63, 3.8) is 0 Å². The summed E-state index contributed by atoms with van der Waals surface area (Å²) in [6.45, 7) is 14.5. The summed E-state index contributed by atoms with van der Waals surface area (Å²) in [6.07, 6.45) is 2.63. The van der Waals surface area contributed by atoms with Gasteiger partial charge in [0.15, 0.2) is 0 Å². The van der Waals surface area contributed by atoms with Crippen LogP contribution < -0.4 is 10.1 Å². The molecule has 0 heterocycles. The highest BCUT2D eigenvalue weighted by Gasteiger charge is 2.43. The third-order valence-corrected chi connectivity index (χ3v) is 4.78. The molecule has 1 fully saturated rings. The van der Waals surface area contributed by atoms with Gasteiger partial charge in [0.05, 0.1) is 0 Å². The number of hydrogen-bond acceptors (Lipinski definition) is 2. The van der Waals surface area contributed by atoms with E-state index in [-0.39, 0.29) is 6.10 Å². The molecule has 0 amide bonds. The third kappa shape index (κ3) is 3.60. The predicted molar refractivity (Wildman–Crippen MR) is 90.2 cm³/mol. The van der Waals surface area contributed by atoms with Gasteiger partial charge >= 0.3 is 0 Å². The molecule has 1 aromatic rings. The summed E-state index contributed by atoms with van der Waals surface area (Å²) in [7, 11) is 0. The lowest BCUT2D eigenvalue weighted by Crippen LogP contribution is -2.46. The molecule has 0 spiro atoms. The number of nitrogens with one attached hydrogen (secondary N) is 1. The van der Waals surface area contributed by atoms with Gasteiger partial charge in [0, 0.05) is 6.04 Å². The van der Waals surface area contributed by atoms with Gasteiger partial charge in [0.2, 0.25) is 0 Å². The first kappa shape index (κ1) is 16.4. The second-order valence-electron chi connectivity index (χ2n) is 7.41. The Hall–Kier alpha value is -1.02. The number of likely N-dealkylation sites (N-methyl/N-ethyl adjacent to an activating group) is 1. The van der Waals surface area contributed by atoms with Gasteiger partial charge < -0.3 is 10.1 Å². The van der Waals surface area contributed by atoms with Gasteiger partial charge in [-0.25, -0.2) is 0 Å². The smallest absolute Gasteiger partial charge is 0.123 e. The molecule has 118 valence electrons. The quantitative estimate of drug-likeness (QED) is 0.851. The molecule has 0 bridgehead atoms. The number of benzene rings is 1. The zero-order chi connectivity index (χ0) is 15.6. The largest absolute Gasteiger partial charge is 0.488 e. The highest BCUT2D eigenvalue weighted by molar-refractivity contribution is 5.39. The monoisotopic (exact) mass is 289 g/mol. The molecule has 0 aliphatic heterocycles. The van der Waals surface area contributed by atoms with Crippen molar-refractivity contribution in [3.8, 4) is 5.75 Å². The summed E-state index contributed by atoms with van der Waals surface area (Å²) in [4.78, 5) is 0. The topological polar surface area (TPSA) is 21.3 Å². The van der Waals surface area contributed by atoms with Gasteiger partial charge in [-0.05, 0) is 54.8 Å². The first-order valence-corrected chi connectivity index (χ1v) is 8.35. The van der Waals surface area contributed by atoms with Crippen LogP contribution in [0, 0.1) is 12.3 Å². The lowest BCUT2D eigenvalue weighted by molar-refractivity contribution is 0.140. The summed E-state index contributed by atoms with van der Waals surface area (Å²) in [5.74, 6) is 1.57. The Morgan fingerprint density at radius 1 is 1.33 bits per heavy atom. The Morgan fingerprint density at radius 3 is 2.67 bits per heavy atom. The minimum Gasteiger partial charge on any atom is -0.488 e. The Bertz CT molecular complexity index is 478. The maximum atomic E-state index is 6.49. The van der Waals surface area contributed by atoms with E-state index in [1.54, 1.807) is 0 Å². The molecule has 1 aliphatic carbocycles. The molecule has 0 saturated heterocycles. The number of hydrogen-bond donors (Lipinski definition) is 1. The molecule has 2 atom stereocenters. The molecular weight excluding hydrogens is 258 g/mol. The van der Waals surface area contributed by atoms with Gasteiger partial charge in [0.1, 0.15) is 11.9 Å². The third-order valence-electron chi connectivity index (χ3n) is 4.78. The lowest BCUT2D eigenvalue weighted by Gasteiger charge is -2.32. The highest BCUT2D eigenvalue weighted by atomic mass is 16.5. The van der Waals surface area contributed by atoms with Gasteiger partial charge in [-0.15, -0.1) is 0 Å². The molecule has 2 nitrogen and oxygen atoms in total. The van der Waals surface area contributed by atoms with Crippen LogP contribution in [-0.2, 0) is 0 Å². The molecule has 1 aliphatic rings. The van der Waals surface area contributed by atoms with Crippen LogP contribution in [0.15, 0.2) is 18.2 Å². The molecule has 0 radical (unpaired) electrons. The van der Waals surface area contributed by atoms with Crippen LogP contribution in [0.1, 0.15) is 64.5 Å². The molecule has 1 N–H and O–H groups in total. The molecule has 2 rings (SSSR count). The molecule has 1 aromatic carbocycles. The van der Waals surface area contributed by atoms with E-state index in [1.165, 1.54) is 17.5 Å². The molecule has 2 unspecified atom stereocenters. The standard InChI is InChI=1S/C19H31NO/c1-7-20-18-16(10-11-19(18,5)6)21-17-12-14(4)8-9-15(17)13(2)3/h8-9,12-13,16,18,20H,7,10-11H2,1-6H3. The summed E-state index contributed by atoms with van der Waals surface area (Å²) >= 11 is 0. The summed E-state index contributed by atoms with van der Waals surface area (Å²) in [5.41, 5.74) is 2.90. The normalized spacial score (nSPS) is 24.5. The summed E-state index contributed by atoms with van der Waals surface area (Å²) in [5, 5.41) is 3.64. The van der Waals surface area contributed by atoms with E-state index in [9.17, 15) is 0 Å². The Labute approximate surface area is 130 Å². The van der Waals surface area contributed by atoms with E-state index < -0.39 is 0 Å². The van der Waals surface area contributed by atoms with E-state index in [0.29, 0.717) is 17.4 Å². The van der Waals surface area contributed by atoms with Crippen molar-refractivity contribution in [3.05, 3.63) is 29.3 Å². The fourth-order valence-electron chi connectivity index (χ4n) is 3.48. The average Bonchev–Trinajstić information content (AvgIpc) is 2.66. The molecular formula is C19H31NO. The average molecular weight is 289 g/mol. The Kier molecular flexibility index (Phi) is 4.98. The van der Waals surface area contributed by atoms with Crippen molar-refractivity contribution in [2.24, 2.45) is 5.41 Å². The van der Waals surface area contributed by atoms with Crippen molar-refractivity contribution in [2.45, 2.75) is 72.4 Å². The van der Waals surface area contributed by atoms with E-state index in [1.807, 2.05) is 0 Å². The molecule has 2 heteroatoms. The Balaban J connectivity index is 2.23. The van der Waals surface area contributed by atoms with Crippen molar-refractivity contribution in [1.82, 2.24) is 5.32 Å². The minimum absolute atomic E-state index is 0.277. The van der Waals surface area contributed by atoms with Crippen molar-refractivity contribution in [1.29, 1.82) is 0 Å². The predicted octanol–water partition coefficient (Wildman–Crippen LogP) is 4.66. The van der Waals surface area contributed by atoms with E-state index in [0.717, 1.165) is 18.7 Å². The van der Waals surface area contributed by atoms with Gasteiger partial charge in [-0.1, -0.05) is 46.8 Å². The highest BCUT2D eigenvalue weighted by Crippen LogP contribution is 2.40. The van der Waals surface area contributed by atoms with Crippen LogP contribution in [0.25, 0.3) is 0 Å². The second kappa shape index (κ2) is 6.39. The van der Waals surface area contributed by atoms with Crippen molar-refractivity contribution in [2.75, 3.05) is 6.54 Å². The first-order valence-electron chi connectivity index (χ1n) is 8.35. The fourth-order valence-corrected chi connectivity index (χ4v) is 3.48. The van der Waals surface area contributed by atoms with Crippen LogP contribution in [0.5, 0.6) is 5.75 Å². The van der Waals surface area contributed by atoms with Gasteiger partial charge in [-0.2, -0.15) is 0 Å². The van der Waals surface area contributed by atoms with Crippen LogP contribution >= 0.6 is 0 Å². The van der Waals surface area contributed by atoms with Crippen molar-refractivity contribution >= 4 is 0 Å². The van der Waals surface area contributed by atoms with E-state index in [4.69, 9.17) is 4.74 Å². The Morgan fingerprint density at radius 2 is 2.05 bits per heavy atom. The van der Waals surface area contributed by atoms with E-state index >= 15 is 0 Å². The zero-order valence-corrected chi connectivity index (χ0v) is 14.5. The number of ether oxygens (including phenoxy) is 1. The SMILES string of the molecule is CCNC1C(Oc2cc(C)ccc2C(C)C)CCC1(C)C. The van der Waals surface area contributed by atoms with Crippen LogP contribution in [0.2, 0.25) is 0 Å². The van der Waals surface area contributed by atoms with Crippen LogP contribution in [-0.4, -0.2) is 18.7 Å². The lowest BCUT2D eigenvalue weighted by atomic mass is 9.87. The second-order valence-corrected chi connectivity index (χ2v) is 7.41. The minimum atomic E-state index is 0.277. The molecule has 21 heavy (non-hydrogen) atoms.